The van der Waals surface area contributed by atoms with E-state index in [1.807, 2.05) is 0 Å². The van der Waals surface area contributed by atoms with E-state index in [0.29, 0.717) is 5.75 Å². The fourth-order valence-corrected chi connectivity index (χ4v) is 1.11. The maximum atomic E-state index is 10.6. The van der Waals surface area contributed by atoms with Gasteiger partial charge in [0.25, 0.3) is 0 Å². The molecule has 0 aliphatic heterocycles. The van der Waals surface area contributed by atoms with Gasteiger partial charge in [-0.3, -0.25) is 5.43 Å². The van der Waals surface area contributed by atoms with E-state index < -0.39 is 12.1 Å². The number of benzene rings is 1. The lowest BCUT2D eigenvalue weighted by Gasteiger charge is -2.09. The highest BCUT2D eigenvalue weighted by Crippen LogP contribution is 2.13. The number of ether oxygens (including phenoxy) is 1. The number of aliphatic carboxylic acids is 1. The van der Waals surface area contributed by atoms with Crippen molar-refractivity contribution in [3.8, 4) is 5.75 Å². The van der Waals surface area contributed by atoms with Crippen LogP contribution in [0.15, 0.2) is 29.4 Å². The summed E-state index contributed by atoms with van der Waals surface area (Å²) in [5, 5.41) is 12.6. The Bertz CT molecular complexity index is 459. The molecule has 1 atom stereocenters. The van der Waals surface area contributed by atoms with Gasteiger partial charge in [0, 0.05) is 0 Å². The predicted molar refractivity (Wildman–Crippen MR) is 71.7 cm³/mol. The summed E-state index contributed by atoms with van der Waals surface area (Å²) in [4.78, 5) is 10.6. The van der Waals surface area contributed by atoms with Crippen LogP contribution in [0.4, 0.5) is 0 Å². The molecule has 0 saturated carbocycles. The average molecular weight is 267 g/mol. The van der Waals surface area contributed by atoms with Gasteiger partial charge in [0.15, 0.2) is 11.2 Å². The normalized spacial score (nSPS) is 12.1. The van der Waals surface area contributed by atoms with Crippen molar-refractivity contribution in [3.05, 3.63) is 29.8 Å². The van der Waals surface area contributed by atoms with Gasteiger partial charge in [-0.25, -0.2) is 4.79 Å². The Kier molecular flexibility index (Phi) is 5.06. The van der Waals surface area contributed by atoms with Gasteiger partial charge < -0.3 is 15.6 Å². The molecular formula is C11H13N3O3S. The Morgan fingerprint density at radius 3 is 2.67 bits per heavy atom. The first-order valence-electron chi connectivity index (χ1n) is 5.07. The van der Waals surface area contributed by atoms with Gasteiger partial charge in [-0.2, -0.15) is 5.10 Å². The van der Waals surface area contributed by atoms with Gasteiger partial charge in [-0.05, 0) is 49.0 Å². The highest BCUT2D eigenvalue weighted by molar-refractivity contribution is 7.80. The van der Waals surface area contributed by atoms with Crippen molar-refractivity contribution in [2.45, 2.75) is 13.0 Å². The summed E-state index contributed by atoms with van der Waals surface area (Å²) in [7, 11) is 0. The number of carbonyl (C=O) groups is 1. The Morgan fingerprint density at radius 2 is 2.17 bits per heavy atom. The highest BCUT2D eigenvalue weighted by Gasteiger charge is 2.11. The number of hydrogen-bond donors (Lipinski definition) is 3. The molecule has 0 fully saturated rings. The van der Waals surface area contributed by atoms with Crippen LogP contribution in [0, 0.1) is 0 Å². The second-order valence-corrected chi connectivity index (χ2v) is 3.84. The molecule has 1 aromatic carbocycles. The molecule has 0 saturated heterocycles. The summed E-state index contributed by atoms with van der Waals surface area (Å²) in [5.41, 5.74) is 8.42. The number of thiocarbonyl (C=S) groups is 1. The number of nitrogens with one attached hydrogen (secondary N) is 1. The smallest absolute Gasteiger partial charge is 0.344 e. The van der Waals surface area contributed by atoms with E-state index in [9.17, 15) is 4.79 Å². The van der Waals surface area contributed by atoms with E-state index >= 15 is 0 Å². The summed E-state index contributed by atoms with van der Waals surface area (Å²) in [6.45, 7) is 1.46. The molecule has 96 valence electrons. The molecule has 1 aromatic rings. The zero-order valence-electron chi connectivity index (χ0n) is 9.66. The summed E-state index contributed by atoms with van der Waals surface area (Å²) in [6.07, 6.45) is 0.643. The number of hydrogen-bond acceptors (Lipinski definition) is 4. The monoisotopic (exact) mass is 267 g/mol. The maximum absolute atomic E-state index is 10.6. The largest absolute Gasteiger partial charge is 0.479 e. The molecule has 1 unspecified atom stereocenters. The van der Waals surface area contributed by atoms with E-state index in [4.69, 9.17) is 15.6 Å². The fraction of sp³-hybridized carbons (Fsp3) is 0.182. The lowest BCUT2D eigenvalue weighted by atomic mass is 10.2. The minimum absolute atomic E-state index is 0.0847. The summed E-state index contributed by atoms with van der Waals surface area (Å²) in [6, 6.07) is 6.77. The molecule has 1 rings (SSSR count). The first-order chi connectivity index (χ1) is 8.49. The number of rotatable bonds is 5. The molecule has 0 aromatic heterocycles. The van der Waals surface area contributed by atoms with Gasteiger partial charge >= 0.3 is 5.97 Å². The first kappa shape index (κ1) is 13.9. The molecule has 4 N–H and O–H groups in total. The molecule has 0 aliphatic rings. The van der Waals surface area contributed by atoms with Crippen molar-refractivity contribution >= 4 is 29.5 Å². The predicted octanol–water partition coefficient (Wildman–Crippen LogP) is 0.706. The summed E-state index contributed by atoms with van der Waals surface area (Å²) >= 11 is 4.58. The molecule has 0 aliphatic carbocycles. The Balaban J connectivity index is 2.60. The average Bonchev–Trinajstić information content (AvgIpc) is 2.30. The number of carboxylic acid groups (broad SMARTS) is 1. The van der Waals surface area contributed by atoms with Crippen molar-refractivity contribution in [1.82, 2.24) is 5.43 Å². The van der Waals surface area contributed by atoms with E-state index in [1.165, 1.54) is 13.1 Å². The molecule has 6 nitrogen and oxygen atoms in total. The van der Waals surface area contributed by atoms with Gasteiger partial charge in [0.2, 0.25) is 0 Å². The van der Waals surface area contributed by atoms with Crippen LogP contribution in [0.1, 0.15) is 12.5 Å². The minimum atomic E-state index is -1.01. The molecule has 18 heavy (non-hydrogen) atoms. The van der Waals surface area contributed by atoms with Gasteiger partial charge in [0.05, 0.1) is 6.21 Å². The number of carboxylic acids is 1. The van der Waals surface area contributed by atoms with E-state index in [1.54, 1.807) is 24.3 Å². The van der Waals surface area contributed by atoms with Crippen LogP contribution in [-0.2, 0) is 4.79 Å². The molecule has 7 heteroatoms. The standard InChI is InChI=1S/C11H13N3O3S/c1-7(10(15)16)17-9-4-2-8(3-5-9)6-13-14-11(12)18/h2-7H,1H3,(H,15,16)(H3,12,14,18)/b13-6+. The van der Waals surface area contributed by atoms with Gasteiger partial charge in [-0.1, -0.05) is 0 Å². The molecule has 0 radical (unpaired) electrons. The molecular weight excluding hydrogens is 254 g/mol. The van der Waals surface area contributed by atoms with Gasteiger partial charge in [-0.15, -0.1) is 0 Å². The number of nitrogens with zero attached hydrogens (tertiary/aromatic N) is 1. The first-order valence-corrected chi connectivity index (χ1v) is 5.48. The topological polar surface area (TPSA) is 96.9 Å². The van der Waals surface area contributed by atoms with Crippen LogP contribution in [0.5, 0.6) is 5.75 Å². The SMILES string of the molecule is CC(Oc1ccc(/C=N/NC(N)=S)cc1)C(=O)O. The van der Waals surface area contributed by atoms with Crippen LogP contribution < -0.4 is 15.9 Å². The lowest BCUT2D eigenvalue weighted by molar-refractivity contribution is -0.144. The molecule has 0 heterocycles. The van der Waals surface area contributed by atoms with Crippen molar-refractivity contribution in [2.75, 3.05) is 0 Å². The van der Waals surface area contributed by atoms with E-state index in [-0.39, 0.29) is 5.11 Å². The van der Waals surface area contributed by atoms with Crippen LogP contribution in [0.25, 0.3) is 0 Å². The second-order valence-electron chi connectivity index (χ2n) is 3.40. The number of nitrogens with two attached hydrogens (primary N) is 1. The summed E-state index contributed by atoms with van der Waals surface area (Å²) in [5.74, 6) is -0.536. The zero-order chi connectivity index (χ0) is 13.5. The van der Waals surface area contributed by atoms with Crippen molar-refractivity contribution < 1.29 is 14.6 Å². The molecule has 0 bridgehead atoms. The van der Waals surface area contributed by atoms with Crippen LogP contribution in [-0.4, -0.2) is 28.5 Å². The second kappa shape index (κ2) is 6.55. The zero-order valence-corrected chi connectivity index (χ0v) is 10.5. The Hall–Kier alpha value is -2.15. The van der Waals surface area contributed by atoms with Crippen molar-refractivity contribution in [3.63, 3.8) is 0 Å². The fourth-order valence-electron chi connectivity index (χ4n) is 1.06. The van der Waals surface area contributed by atoms with E-state index in [2.05, 4.69) is 22.7 Å². The summed E-state index contributed by atoms with van der Waals surface area (Å²) < 4.78 is 5.17. The van der Waals surface area contributed by atoms with Crippen LogP contribution in [0.3, 0.4) is 0 Å². The van der Waals surface area contributed by atoms with Crippen molar-refractivity contribution in [2.24, 2.45) is 10.8 Å². The maximum Gasteiger partial charge on any atom is 0.344 e. The third kappa shape index (κ3) is 4.79. The third-order valence-corrected chi connectivity index (χ3v) is 2.02. The quantitative estimate of drug-likeness (QED) is 0.413. The van der Waals surface area contributed by atoms with E-state index in [0.717, 1.165) is 5.56 Å². The van der Waals surface area contributed by atoms with Crippen LogP contribution in [0.2, 0.25) is 0 Å². The van der Waals surface area contributed by atoms with Crippen LogP contribution >= 0.6 is 12.2 Å². The molecule has 0 amide bonds. The van der Waals surface area contributed by atoms with Gasteiger partial charge in [0.1, 0.15) is 5.75 Å². The van der Waals surface area contributed by atoms with Crippen molar-refractivity contribution in [1.29, 1.82) is 0 Å². The Labute approximate surface area is 109 Å². The lowest BCUT2D eigenvalue weighted by Crippen LogP contribution is -2.24. The molecule has 0 spiro atoms. The Morgan fingerprint density at radius 1 is 1.56 bits per heavy atom. The number of hydrazone groups is 1. The minimum Gasteiger partial charge on any atom is -0.479 e. The highest BCUT2D eigenvalue weighted by atomic mass is 32.1. The third-order valence-electron chi connectivity index (χ3n) is 1.93.